The molecular weight excluding hydrogens is 148 g/mol. The lowest BCUT2D eigenvalue weighted by molar-refractivity contribution is 0.107. The standard InChI is InChI=1S/C10H20N2/c1-7(2)12-9-4-3-8(5-9)10(12)6-11/h7-10H,3-6,11H2,1-2H3. The Kier molecular flexibility index (Phi) is 2.13. The lowest BCUT2D eigenvalue weighted by Crippen LogP contribution is -2.48. The Balaban J connectivity index is 2.11. The minimum absolute atomic E-state index is 0.689. The van der Waals surface area contributed by atoms with Gasteiger partial charge in [0.25, 0.3) is 0 Å². The second kappa shape index (κ2) is 3.00. The van der Waals surface area contributed by atoms with E-state index in [1.807, 2.05) is 0 Å². The largest absolute Gasteiger partial charge is 0.329 e. The summed E-state index contributed by atoms with van der Waals surface area (Å²) >= 11 is 0. The molecule has 1 aliphatic carbocycles. The normalized spacial score (nSPS) is 41.5. The molecule has 2 heteroatoms. The van der Waals surface area contributed by atoms with Gasteiger partial charge in [-0.05, 0) is 39.0 Å². The van der Waals surface area contributed by atoms with E-state index < -0.39 is 0 Å². The summed E-state index contributed by atoms with van der Waals surface area (Å²) < 4.78 is 0. The molecule has 1 heterocycles. The summed E-state index contributed by atoms with van der Waals surface area (Å²) in [5.74, 6) is 0.919. The molecule has 0 aromatic carbocycles. The number of hydrogen-bond acceptors (Lipinski definition) is 2. The molecule has 0 aromatic heterocycles. The Bertz CT molecular complexity index is 167. The van der Waals surface area contributed by atoms with Gasteiger partial charge in [0.05, 0.1) is 0 Å². The molecule has 2 aliphatic rings. The Morgan fingerprint density at radius 2 is 2.17 bits per heavy atom. The van der Waals surface area contributed by atoms with Crippen LogP contribution in [0.1, 0.15) is 33.1 Å². The number of nitrogens with two attached hydrogens (primary N) is 1. The van der Waals surface area contributed by atoms with Crippen LogP contribution >= 0.6 is 0 Å². The SMILES string of the molecule is CC(C)N1C2CCC(C2)C1CN. The average Bonchev–Trinajstić information content (AvgIpc) is 2.60. The van der Waals surface area contributed by atoms with Crippen LogP contribution in [0.15, 0.2) is 0 Å². The molecule has 0 amide bonds. The molecule has 3 atom stereocenters. The van der Waals surface area contributed by atoms with Gasteiger partial charge >= 0.3 is 0 Å². The van der Waals surface area contributed by atoms with Gasteiger partial charge in [0.15, 0.2) is 0 Å². The summed E-state index contributed by atoms with van der Waals surface area (Å²) in [6, 6.07) is 2.25. The number of piperidine rings is 1. The Hall–Kier alpha value is -0.0800. The number of rotatable bonds is 2. The maximum Gasteiger partial charge on any atom is 0.0252 e. The highest BCUT2D eigenvalue weighted by molar-refractivity contribution is 5.00. The van der Waals surface area contributed by atoms with E-state index in [2.05, 4.69) is 18.7 Å². The molecule has 2 N–H and O–H groups in total. The van der Waals surface area contributed by atoms with Gasteiger partial charge in [-0.2, -0.15) is 0 Å². The third-order valence-electron chi connectivity index (χ3n) is 3.63. The minimum Gasteiger partial charge on any atom is -0.329 e. The second-order valence-electron chi connectivity index (χ2n) is 4.57. The van der Waals surface area contributed by atoms with Gasteiger partial charge < -0.3 is 5.73 Å². The van der Waals surface area contributed by atoms with Crippen molar-refractivity contribution >= 4 is 0 Å². The summed E-state index contributed by atoms with van der Waals surface area (Å²) in [5, 5.41) is 0. The van der Waals surface area contributed by atoms with Gasteiger partial charge in [0.1, 0.15) is 0 Å². The van der Waals surface area contributed by atoms with Gasteiger partial charge in [-0.15, -0.1) is 0 Å². The smallest absolute Gasteiger partial charge is 0.0252 e. The maximum absolute atomic E-state index is 5.81. The van der Waals surface area contributed by atoms with Crippen LogP contribution in [0.3, 0.4) is 0 Å². The summed E-state index contributed by atoms with van der Waals surface area (Å²) in [4.78, 5) is 2.65. The molecule has 70 valence electrons. The van der Waals surface area contributed by atoms with E-state index >= 15 is 0 Å². The Morgan fingerprint density at radius 1 is 1.42 bits per heavy atom. The molecule has 0 radical (unpaired) electrons. The lowest BCUT2D eigenvalue weighted by Gasteiger charge is -2.37. The molecule has 2 fully saturated rings. The van der Waals surface area contributed by atoms with Crippen molar-refractivity contribution in [2.24, 2.45) is 11.7 Å². The van der Waals surface area contributed by atoms with Crippen molar-refractivity contribution in [3.8, 4) is 0 Å². The molecule has 0 aromatic rings. The first kappa shape index (κ1) is 8.52. The van der Waals surface area contributed by atoms with E-state index in [9.17, 15) is 0 Å². The summed E-state index contributed by atoms with van der Waals surface area (Å²) in [6.07, 6.45) is 4.26. The van der Waals surface area contributed by atoms with Gasteiger partial charge in [-0.3, -0.25) is 4.90 Å². The van der Waals surface area contributed by atoms with Gasteiger partial charge in [-0.1, -0.05) is 0 Å². The number of likely N-dealkylation sites (tertiary alicyclic amines) is 1. The molecule has 0 spiro atoms. The summed E-state index contributed by atoms with van der Waals surface area (Å²) in [5.41, 5.74) is 5.81. The topological polar surface area (TPSA) is 29.3 Å². The zero-order valence-electron chi connectivity index (χ0n) is 8.16. The lowest BCUT2D eigenvalue weighted by atomic mass is 9.98. The van der Waals surface area contributed by atoms with E-state index in [4.69, 9.17) is 5.73 Å². The average molecular weight is 168 g/mol. The van der Waals surface area contributed by atoms with Crippen molar-refractivity contribution in [2.75, 3.05) is 6.54 Å². The molecule has 2 bridgehead atoms. The predicted octanol–water partition coefficient (Wildman–Crippen LogP) is 1.21. The third-order valence-corrected chi connectivity index (χ3v) is 3.63. The van der Waals surface area contributed by atoms with Crippen LogP contribution in [-0.2, 0) is 0 Å². The van der Waals surface area contributed by atoms with Crippen LogP contribution < -0.4 is 5.73 Å². The zero-order valence-corrected chi connectivity index (χ0v) is 8.16. The Labute approximate surface area is 75.1 Å². The van der Waals surface area contributed by atoms with Crippen LogP contribution in [0, 0.1) is 5.92 Å². The van der Waals surface area contributed by atoms with E-state index in [0.717, 1.165) is 18.5 Å². The summed E-state index contributed by atoms with van der Waals surface area (Å²) in [6.45, 7) is 5.45. The quantitative estimate of drug-likeness (QED) is 0.671. The van der Waals surface area contributed by atoms with Crippen molar-refractivity contribution in [3.05, 3.63) is 0 Å². The third kappa shape index (κ3) is 1.09. The minimum atomic E-state index is 0.689. The van der Waals surface area contributed by atoms with Crippen molar-refractivity contribution < 1.29 is 0 Å². The first-order valence-corrected chi connectivity index (χ1v) is 5.21. The van der Waals surface area contributed by atoms with Gasteiger partial charge in [0, 0.05) is 24.7 Å². The number of hydrogen-bond donors (Lipinski definition) is 1. The molecule has 2 rings (SSSR count). The summed E-state index contributed by atoms with van der Waals surface area (Å²) in [7, 11) is 0. The Morgan fingerprint density at radius 3 is 2.67 bits per heavy atom. The van der Waals surface area contributed by atoms with E-state index in [1.54, 1.807) is 0 Å². The van der Waals surface area contributed by atoms with Crippen LogP contribution in [0.2, 0.25) is 0 Å². The van der Waals surface area contributed by atoms with Crippen molar-refractivity contribution in [2.45, 2.75) is 51.2 Å². The van der Waals surface area contributed by atoms with E-state index in [-0.39, 0.29) is 0 Å². The van der Waals surface area contributed by atoms with Crippen molar-refractivity contribution in [3.63, 3.8) is 0 Å². The predicted molar refractivity (Wildman–Crippen MR) is 50.9 cm³/mol. The molecule has 1 saturated carbocycles. The van der Waals surface area contributed by atoms with Crippen LogP contribution in [0.5, 0.6) is 0 Å². The fraction of sp³-hybridized carbons (Fsp3) is 1.00. The second-order valence-corrected chi connectivity index (χ2v) is 4.57. The molecule has 1 aliphatic heterocycles. The first-order valence-electron chi connectivity index (χ1n) is 5.21. The number of fused-ring (bicyclic) bond motifs is 2. The highest BCUT2D eigenvalue weighted by atomic mass is 15.3. The number of nitrogens with zero attached hydrogens (tertiary/aromatic N) is 1. The maximum atomic E-state index is 5.81. The van der Waals surface area contributed by atoms with Crippen LogP contribution in [-0.4, -0.2) is 29.6 Å². The fourth-order valence-corrected chi connectivity index (χ4v) is 3.24. The molecule has 12 heavy (non-hydrogen) atoms. The molecule has 1 saturated heterocycles. The van der Waals surface area contributed by atoms with Crippen LogP contribution in [0.25, 0.3) is 0 Å². The van der Waals surface area contributed by atoms with E-state index in [0.29, 0.717) is 12.1 Å². The monoisotopic (exact) mass is 168 g/mol. The highest BCUT2D eigenvalue weighted by Crippen LogP contribution is 2.42. The molecule has 2 nitrogen and oxygen atoms in total. The van der Waals surface area contributed by atoms with Gasteiger partial charge in [-0.25, -0.2) is 0 Å². The van der Waals surface area contributed by atoms with E-state index in [1.165, 1.54) is 19.3 Å². The zero-order chi connectivity index (χ0) is 8.72. The van der Waals surface area contributed by atoms with Crippen LogP contribution in [0.4, 0.5) is 0 Å². The fourth-order valence-electron chi connectivity index (χ4n) is 3.24. The van der Waals surface area contributed by atoms with Gasteiger partial charge in [0.2, 0.25) is 0 Å². The van der Waals surface area contributed by atoms with Crippen molar-refractivity contribution in [1.82, 2.24) is 4.90 Å². The first-order chi connectivity index (χ1) is 5.74. The molecule has 3 unspecified atom stereocenters. The molecular formula is C10H20N2. The van der Waals surface area contributed by atoms with Crippen molar-refractivity contribution in [1.29, 1.82) is 0 Å². The highest BCUT2D eigenvalue weighted by Gasteiger charge is 2.45.